The molecule has 0 spiro atoms. The van der Waals surface area contributed by atoms with Gasteiger partial charge in [0.05, 0.1) is 0 Å². The van der Waals surface area contributed by atoms with Gasteiger partial charge >= 0.3 is 0 Å². The second kappa shape index (κ2) is 8.19. The Morgan fingerprint density at radius 1 is 1.12 bits per heavy atom. The summed E-state index contributed by atoms with van der Waals surface area (Å²) in [6, 6.07) is 4.62. The maximum atomic E-state index is 12.8. The summed E-state index contributed by atoms with van der Waals surface area (Å²) < 4.78 is 2.06. The predicted octanol–water partition coefficient (Wildman–Crippen LogP) is 3.46. The van der Waals surface area contributed by atoms with Gasteiger partial charge in [-0.3, -0.25) is 4.79 Å². The molecule has 24 heavy (non-hydrogen) atoms. The van der Waals surface area contributed by atoms with Crippen molar-refractivity contribution in [3.8, 4) is 0 Å². The lowest BCUT2D eigenvalue weighted by Crippen LogP contribution is -2.51. The lowest BCUT2D eigenvalue weighted by atomic mass is 9.83. The van der Waals surface area contributed by atoms with Crippen molar-refractivity contribution >= 4 is 5.91 Å². The van der Waals surface area contributed by atoms with Crippen LogP contribution in [0, 0.1) is 11.8 Å². The largest absolute Gasteiger partial charge is 0.354 e. The van der Waals surface area contributed by atoms with Crippen molar-refractivity contribution in [1.82, 2.24) is 14.8 Å². The van der Waals surface area contributed by atoms with Crippen molar-refractivity contribution in [2.24, 2.45) is 11.8 Å². The van der Waals surface area contributed by atoms with E-state index in [0.29, 0.717) is 17.9 Å². The number of nitrogens with one attached hydrogen (secondary N) is 1. The first kappa shape index (κ1) is 17.5. The van der Waals surface area contributed by atoms with Crippen molar-refractivity contribution in [3.63, 3.8) is 0 Å². The highest BCUT2D eigenvalue weighted by atomic mass is 16.2. The molecule has 0 saturated carbocycles. The minimum atomic E-state index is -0.0777. The van der Waals surface area contributed by atoms with E-state index in [1.807, 2.05) is 24.5 Å². The van der Waals surface area contributed by atoms with E-state index in [2.05, 4.69) is 28.6 Å². The zero-order valence-electron chi connectivity index (χ0n) is 15.3. The van der Waals surface area contributed by atoms with Crippen LogP contribution in [-0.2, 0) is 4.79 Å². The molecular weight excluding hydrogens is 298 g/mol. The molecule has 2 saturated heterocycles. The van der Waals surface area contributed by atoms with Crippen LogP contribution in [-0.4, -0.2) is 41.1 Å². The van der Waals surface area contributed by atoms with Gasteiger partial charge in [-0.1, -0.05) is 20.3 Å². The number of carbonyl (C=O) groups is 1. The summed E-state index contributed by atoms with van der Waals surface area (Å²) >= 11 is 0. The lowest BCUT2D eigenvalue weighted by molar-refractivity contribution is -0.125. The number of aromatic nitrogens is 1. The number of fused-ring (bicyclic) bond motifs is 1. The predicted molar refractivity (Wildman–Crippen MR) is 97.9 cm³/mol. The third-order valence-electron chi connectivity index (χ3n) is 5.75. The van der Waals surface area contributed by atoms with Crippen LogP contribution < -0.4 is 5.32 Å². The highest BCUT2D eigenvalue weighted by Crippen LogP contribution is 2.30. The molecule has 2 aliphatic heterocycles. The number of nitrogens with zero attached hydrogens (tertiary/aromatic N) is 2. The standard InChI is InChI=1S/C20H33N3O/c1-16(2)14-19(23-11-5-6-12-23)20(24)21-15-17-8-7-13-22-10-4-3-9-18(17)22/h5-6,11-12,16-19H,3-4,7-10,13-15H2,1-2H3,(H,21,24). The third-order valence-corrected chi connectivity index (χ3v) is 5.75. The fourth-order valence-electron chi connectivity index (χ4n) is 4.53. The van der Waals surface area contributed by atoms with E-state index in [1.54, 1.807) is 0 Å². The van der Waals surface area contributed by atoms with Crippen LogP contribution in [0.25, 0.3) is 0 Å². The van der Waals surface area contributed by atoms with E-state index in [4.69, 9.17) is 0 Å². The van der Waals surface area contributed by atoms with Crippen molar-refractivity contribution < 1.29 is 4.79 Å². The SMILES string of the molecule is CC(C)CC(C(=O)NCC1CCCN2CCCCC12)n1cccc1. The molecular formula is C20H33N3O. The zero-order chi connectivity index (χ0) is 16.9. The van der Waals surface area contributed by atoms with Crippen molar-refractivity contribution in [2.75, 3.05) is 19.6 Å². The summed E-state index contributed by atoms with van der Waals surface area (Å²) in [4.78, 5) is 15.5. The number of piperidine rings is 2. The van der Waals surface area contributed by atoms with Crippen LogP contribution in [0.15, 0.2) is 24.5 Å². The molecule has 1 aromatic heterocycles. The summed E-state index contributed by atoms with van der Waals surface area (Å²) in [6.07, 6.45) is 11.5. The fourth-order valence-corrected chi connectivity index (χ4v) is 4.53. The Morgan fingerprint density at radius 3 is 2.62 bits per heavy atom. The molecule has 2 fully saturated rings. The molecule has 3 rings (SSSR count). The average molecular weight is 332 g/mol. The van der Waals surface area contributed by atoms with Crippen LogP contribution >= 0.6 is 0 Å². The molecule has 3 atom stereocenters. The maximum Gasteiger partial charge on any atom is 0.243 e. The molecule has 134 valence electrons. The highest BCUT2D eigenvalue weighted by molar-refractivity contribution is 5.80. The van der Waals surface area contributed by atoms with Gasteiger partial charge < -0.3 is 14.8 Å². The molecule has 1 N–H and O–H groups in total. The lowest BCUT2D eigenvalue weighted by Gasteiger charge is -2.44. The van der Waals surface area contributed by atoms with Gasteiger partial charge in [0.2, 0.25) is 5.91 Å². The van der Waals surface area contributed by atoms with Gasteiger partial charge in [0.15, 0.2) is 0 Å². The van der Waals surface area contributed by atoms with E-state index >= 15 is 0 Å². The Bertz CT molecular complexity index is 509. The quantitative estimate of drug-likeness (QED) is 0.867. The average Bonchev–Trinajstić information content (AvgIpc) is 3.11. The number of hydrogen-bond acceptors (Lipinski definition) is 2. The summed E-state index contributed by atoms with van der Waals surface area (Å²) in [5.74, 6) is 1.33. The zero-order valence-corrected chi connectivity index (χ0v) is 15.3. The van der Waals surface area contributed by atoms with E-state index in [-0.39, 0.29) is 11.9 Å². The van der Waals surface area contributed by atoms with E-state index < -0.39 is 0 Å². The van der Waals surface area contributed by atoms with Crippen LogP contribution in [0.2, 0.25) is 0 Å². The monoisotopic (exact) mass is 331 g/mol. The Balaban J connectivity index is 1.58. The van der Waals surface area contributed by atoms with E-state index in [9.17, 15) is 4.79 Å². The van der Waals surface area contributed by atoms with Crippen LogP contribution in [0.1, 0.15) is 58.4 Å². The number of carbonyl (C=O) groups excluding carboxylic acids is 1. The van der Waals surface area contributed by atoms with Gasteiger partial charge in [-0.25, -0.2) is 0 Å². The second-order valence-corrected chi connectivity index (χ2v) is 8.02. The number of hydrogen-bond donors (Lipinski definition) is 1. The van der Waals surface area contributed by atoms with Gasteiger partial charge in [-0.2, -0.15) is 0 Å². The molecule has 0 radical (unpaired) electrons. The normalized spacial score (nSPS) is 26.1. The minimum absolute atomic E-state index is 0.0777. The molecule has 0 aromatic carbocycles. The first-order valence-corrected chi connectivity index (χ1v) is 9.79. The van der Waals surface area contributed by atoms with Gasteiger partial charge in [-0.15, -0.1) is 0 Å². The summed E-state index contributed by atoms with van der Waals surface area (Å²) in [7, 11) is 0. The molecule has 1 aromatic rings. The number of rotatable bonds is 6. The topological polar surface area (TPSA) is 37.3 Å². The number of amides is 1. The van der Waals surface area contributed by atoms with Crippen molar-refractivity contribution in [1.29, 1.82) is 0 Å². The molecule has 3 heterocycles. The molecule has 4 heteroatoms. The minimum Gasteiger partial charge on any atom is -0.354 e. The highest BCUT2D eigenvalue weighted by Gasteiger charge is 2.33. The summed E-state index contributed by atoms with van der Waals surface area (Å²) in [5.41, 5.74) is 0. The molecule has 3 unspecified atom stereocenters. The second-order valence-electron chi connectivity index (χ2n) is 8.02. The first-order valence-electron chi connectivity index (χ1n) is 9.79. The molecule has 0 bridgehead atoms. The van der Waals surface area contributed by atoms with Gasteiger partial charge in [-0.05, 0) is 69.2 Å². The summed E-state index contributed by atoms with van der Waals surface area (Å²) in [6.45, 7) is 7.73. The van der Waals surface area contributed by atoms with Crippen molar-refractivity contribution in [2.45, 2.75) is 64.5 Å². The maximum absolute atomic E-state index is 12.8. The third kappa shape index (κ3) is 4.21. The Morgan fingerprint density at radius 2 is 1.88 bits per heavy atom. The van der Waals surface area contributed by atoms with Gasteiger partial charge in [0.25, 0.3) is 0 Å². The molecule has 1 amide bonds. The summed E-state index contributed by atoms with van der Waals surface area (Å²) in [5, 5.41) is 3.29. The Hall–Kier alpha value is -1.29. The van der Waals surface area contributed by atoms with Crippen LogP contribution in [0.3, 0.4) is 0 Å². The van der Waals surface area contributed by atoms with E-state index in [0.717, 1.165) is 13.0 Å². The fraction of sp³-hybridized carbons (Fsp3) is 0.750. The molecule has 4 nitrogen and oxygen atoms in total. The first-order chi connectivity index (χ1) is 11.6. The molecule has 2 aliphatic rings. The smallest absolute Gasteiger partial charge is 0.243 e. The van der Waals surface area contributed by atoms with Gasteiger partial charge in [0.1, 0.15) is 6.04 Å². The molecule has 0 aliphatic carbocycles. The van der Waals surface area contributed by atoms with E-state index in [1.165, 1.54) is 45.2 Å². The van der Waals surface area contributed by atoms with Gasteiger partial charge in [0, 0.05) is 25.0 Å². The Kier molecular flexibility index (Phi) is 5.99. The van der Waals surface area contributed by atoms with Crippen LogP contribution in [0.5, 0.6) is 0 Å². The van der Waals surface area contributed by atoms with Crippen molar-refractivity contribution in [3.05, 3.63) is 24.5 Å². The Labute approximate surface area is 146 Å². The van der Waals surface area contributed by atoms with Crippen LogP contribution in [0.4, 0.5) is 0 Å².